The highest BCUT2D eigenvalue weighted by Crippen LogP contribution is 2.49. The smallest absolute Gasteiger partial charge is 0.338 e. The van der Waals surface area contributed by atoms with Gasteiger partial charge in [-0.1, -0.05) is 36.4 Å². The highest BCUT2D eigenvalue weighted by molar-refractivity contribution is 5.97. The Hall–Kier alpha value is -3.67. The number of carbonyl (C=O) groups excluding carboxylic acids is 1. The van der Waals surface area contributed by atoms with Gasteiger partial charge >= 0.3 is 5.97 Å². The lowest BCUT2D eigenvalue weighted by atomic mass is 9.92. The van der Waals surface area contributed by atoms with Gasteiger partial charge in [0.1, 0.15) is 0 Å². The molecule has 0 spiro atoms. The minimum absolute atomic E-state index is 0.378. The summed E-state index contributed by atoms with van der Waals surface area (Å²) in [5.41, 5.74) is 5.04. The third-order valence-electron chi connectivity index (χ3n) is 5.46. The summed E-state index contributed by atoms with van der Waals surface area (Å²) in [6, 6.07) is 15.5. The van der Waals surface area contributed by atoms with Crippen LogP contribution in [-0.4, -0.2) is 41.5 Å². The Labute approximate surface area is 188 Å². The van der Waals surface area contributed by atoms with Crippen LogP contribution in [0.1, 0.15) is 27.0 Å². The normalized spacial score (nSPS) is 10.4. The fourth-order valence-electron chi connectivity index (χ4n) is 3.92. The Bertz CT molecular complexity index is 1110. The lowest BCUT2D eigenvalue weighted by Crippen LogP contribution is -2.07. The molecule has 32 heavy (non-hydrogen) atoms. The average Bonchev–Trinajstić information content (AvgIpc) is 2.84. The molecule has 0 unspecified atom stereocenters. The van der Waals surface area contributed by atoms with Crippen molar-refractivity contribution in [2.75, 3.05) is 35.5 Å². The molecule has 0 aliphatic heterocycles. The number of hydrogen-bond acceptors (Lipinski definition) is 6. The number of hydrogen-bond donors (Lipinski definition) is 0. The zero-order chi connectivity index (χ0) is 23.3. The topological polar surface area (TPSA) is 63.2 Å². The molecule has 0 atom stereocenters. The SMILES string of the molecule is COC(=O)c1ccc(Cc2c(C)c(OC)c(OC)c(OC)c2OC)cc1-c1ccccc1. The van der Waals surface area contributed by atoms with E-state index in [4.69, 9.17) is 23.7 Å². The number of benzene rings is 3. The number of ether oxygens (including phenoxy) is 5. The van der Waals surface area contributed by atoms with E-state index in [2.05, 4.69) is 0 Å². The van der Waals surface area contributed by atoms with Crippen LogP contribution in [0.3, 0.4) is 0 Å². The number of methoxy groups -OCH3 is 5. The first-order valence-corrected chi connectivity index (χ1v) is 10.1. The van der Waals surface area contributed by atoms with Crippen LogP contribution in [0.5, 0.6) is 23.0 Å². The molecule has 0 aromatic heterocycles. The van der Waals surface area contributed by atoms with Crippen LogP contribution in [0.25, 0.3) is 11.1 Å². The highest BCUT2D eigenvalue weighted by atomic mass is 16.5. The third kappa shape index (κ3) is 4.21. The molecule has 6 heteroatoms. The monoisotopic (exact) mass is 436 g/mol. The maximum Gasteiger partial charge on any atom is 0.338 e. The molecule has 0 amide bonds. The molecule has 0 heterocycles. The second-order valence-corrected chi connectivity index (χ2v) is 7.15. The van der Waals surface area contributed by atoms with Crippen LogP contribution in [0.4, 0.5) is 0 Å². The van der Waals surface area contributed by atoms with Gasteiger partial charge in [-0.2, -0.15) is 0 Å². The Morgan fingerprint density at radius 1 is 0.750 bits per heavy atom. The maximum atomic E-state index is 12.4. The molecule has 0 N–H and O–H groups in total. The van der Waals surface area contributed by atoms with Crippen LogP contribution in [0, 0.1) is 6.92 Å². The van der Waals surface area contributed by atoms with Gasteiger partial charge in [0.25, 0.3) is 0 Å². The van der Waals surface area contributed by atoms with E-state index in [0.717, 1.165) is 27.8 Å². The summed E-state index contributed by atoms with van der Waals surface area (Å²) in [4.78, 5) is 12.4. The fraction of sp³-hybridized carbons (Fsp3) is 0.269. The van der Waals surface area contributed by atoms with Crippen LogP contribution in [0.2, 0.25) is 0 Å². The van der Waals surface area contributed by atoms with Crippen molar-refractivity contribution in [2.45, 2.75) is 13.3 Å². The number of carbonyl (C=O) groups is 1. The van der Waals surface area contributed by atoms with Crippen molar-refractivity contribution < 1.29 is 28.5 Å². The van der Waals surface area contributed by atoms with E-state index in [1.807, 2.05) is 49.4 Å². The molecule has 0 saturated heterocycles. The van der Waals surface area contributed by atoms with E-state index >= 15 is 0 Å². The van der Waals surface area contributed by atoms with Gasteiger partial charge in [-0.05, 0) is 35.7 Å². The molecule has 168 valence electrons. The van der Waals surface area contributed by atoms with Gasteiger partial charge in [0.15, 0.2) is 11.5 Å². The van der Waals surface area contributed by atoms with Gasteiger partial charge in [-0.15, -0.1) is 0 Å². The summed E-state index contributed by atoms with van der Waals surface area (Å²) in [5.74, 6) is 1.76. The summed E-state index contributed by atoms with van der Waals surface area (Å²) in [7, 11) is 7.71. The van der Waals surface area contributed by atoms with Gasteiger partial charge in [-0.25, -0.2) is 4.79 Å². The van der Waals surface area contributed by atoms with E-state index in [1.54, 1.807) is 34.5 Å². The first-order valence-electron chi connectivity index (χ1n) is 10.1. The zero-order valence-corrected chi connectivity index (χ0v) is 19.3. The van der Waals surface area contributed by atoms with Crippen molar-refractivity contribution in [1.82, 2.24) is 0 Å². The summed E-state index contributed by atoms with van der Waals surface area (Å²) in [6.07, 6.45) is 0.535. The Morgan fingerprint density at radius 3 is 1.91 bits per heavy atom. The lowest BCUT2D eigenvalue weighted by Gasteiger charge is -2.22. The number of esters is 1. The Morgan fingerprint density at radius 2 is 1.34 bits per heavy atom. The van der Waals surface area contributed by atoms with Crippen molar-refractivity contribution in [3.63, 3.8) is 0 Å². The minimum atomic E-state index is -0.378. The average molecular weight is 437 g/mol. The zero-order valence-electron chi connectivity index (χ0n) is 19.3. The van der Waals surface area contributed by atoms with Gasteiger partial charge < -0.3 is 23.7 Å². The standard InChI is InChI=1S/C26H28O6/c1-16-20(23(29-3)25(31-5)24(30-4)22(16)28-2)14-17-12-13-19(26(27)32-6)21(15-17)18-10-8-7-9-11-18/h7-13,15H,14H2,1-6H3. The predicted molar refractivity (Wildman–Crippen MR) is 123 cm³/mol. The summed E-state index contributed by atoms with van der Waals surface area (Å²) >= 11 is 0. The van der Waals surface area contributed by atoms with Gasteiger partial charge in [0.2, 0.25) is 11.5 Å². The second-order valence-electron chi connectivity index (χ2n) is 7.15. The minimum Gasteiger partial charge on any atom is -0.492 e. The molecule has 3 aromatic rings. The molecule has 0 aliphatic rings. The van der Waals surface area contributed by atoms with Crippen molar-refractivity contribution in [3.05, 3.63) is 70.8 Å². The van der Waals surface area contributed by atoms with Crippen LogP contribution >= 0.6 is 0 Å². The Kier molecular flexibility index (Phi) is 7.25. The summed E-state index contributed by atoms with van der Waals surface area (Å²) < 4.78 is 27.5. The summed E-state index contributed by atoms with van der Waals surface area (Å²) in [6.45, 7) is 1.96. The summed E-state index contributed by atoms with van der Waals surface area (Å²) in [5, 5.41) is 0. The third-order valence-corrected chi connectivity index (χ3v) is 5.46. The second kappa shape index (κ2) is 10.1. The van der Waals surface area contributed by atoms with Crippen molar-refractivity contribution in [2.24, 2.45) is 0 Å². The van der Waals surface area contributed by atoms with Gasteiger partial charge in [0.05, 0.1) is 41.1 Å². The van der Waals surface area contributed by atoms with Gasteiger partial charge in [-0.3, -0.25) is 0 Å². The Balaban J connectivity index is 2.18. The molecule has 0 aliphatic carbocycles. The van der Waals surface area contributed by atoms with Crippen molar-refractivity contribution >= 4 is 5.97 Å². The molecule has 6 nitrogen and oxygen atoms in total. The van der Waals surface area contributed by atoms with E-state index < -0.39 is 0 Å². The van der Waals surface area contributed by atoms with E-state index in [9.17, 15) is 4.79 Å². The molecule has 3 aromatic carbocycles. The maximum absolute atomic E-state index is 12.4. The lowest BCUT2D eigenvalue weighted by molar-refractivity contribution is 0.0601. The predicted octanol–water partition coefficient (Wildman–Crippen LogP) is 5.07. The van der Waals surface area contributed by atoms with Crippen molar-refractivity contribution in [1.29, 1.82) is 0 Å². The quantitative estimate of drug-likeness (QED) is 0.459. The molecule has 0 radical (unpaired) electrons. The largest absolute Gasteiger partial charge is 0.492 e. The first-order chi connectivity index (χ1) is 15.5. The van der Waals surface area contributed by atoms with Crippen LogP contribution < -0.4 is 18.9 Å². The van der Waals surface area contributed by atoms with E-state index in [-0.39, 0.29) is 5.97 Å². The molecular weight excluding hydrogens is 408 g/mol. The van der Waals surface area contributed by atoms with E-state index in [0.29, 0.717) is 35.0 Å². The van der Waals surface area contributed by atoms with Crippen LogP contribution in [0.15, 0.2) is 48.5 Å². The molecule has 0 fully saturated rings. The van der Waals surface area contributed by atoms with Crippen LogP contribution in [-0.2, 0) is 11.2 Å². The number of rotatable bonds is 8. The highest BCUT2D eigenvalue weighted by Gasteiger charge is 2.25. The fourth-order valence-corrected chi connectivity index (χ4v) is 3.92. The molecule has 0 bridgehead atoms. The van der Waals surface area contributed by atoms with E-state index in [1.165, 1.54) is 7.11 Å². The molecular formula is C26H28O6. The molecule has 3 rings (SSSR count). The van der Waals surface area contributed by atoms with Crippen molar-refractivity contribution in [3.8, 4) is 34.1 Å². The first kappa shape index (κ1) is 23.0. The van der Waals surface area contributed by atoms with Gasteiger partial charge in [0, 0.05) is 17.5 Å². The molecule has 0 saturated carbocycles.